The molecular formula is C8H21N3O2S. The molecule has 0 aliphatic heterocycles. The Labute approximate surface area is 87.0 Å². The second-order valence-electron chi connectivity index (χ2n) is 3.13. The van der Waals surface area contributed by atoms with Gasteiger partial charge in [-0.15, -0.1) is 0 Å². The van der Waals surface area contributed by atoms with Gasteiger partial charge >= 0.3 is 0 Å². The highest BCUT2D eigenvalue weighted by atomic mass is 32.2. The maximum Gasteiger partial charge on any atom is 0.276 e. The Morgan fingerprint density at radius 3 is 2.14 bits per heavy atom. The van der Waals surface area contributed by atoms with Crippen LogP contribution in [0.3, 0.4) is 0 Å². The van der Waals surface area contributed by atoms with Gasteiger partial charge in [0.1, 0.15) is 0 Å². The monoisotopic (exact) mass is 223 g/mol. The molecule has 0 aromatic carbocycles. The van der Waals surface area contributed by atoms with E-state index in [0.29, 0.717) is 6.54 Å². The van der Waals surface area contributed by atoms with Crippen molar-refractivity contribution < 1.29 is 8.42 Å². The largest absolute Gasteiger partial charge is 0.300 e. The van der Waals surface area contributed by atoms with Crippen molar-refractivity contribution in [1.29, 1.82) is 0 Å². The normalized spacial score (nSPS) is 14.6. The summed E-state index contributed by atoms with van der Waals surface area (Å²) < 4.78 is 26.8. The van der Waals surface area contributed by atoms with Crippen LogP contribution in [-0.4, -0.2) is 46.0 Å². The van der Waals surface area contributed by atoms with Gasteiger partial charge in [-0.05, 0) is 20.0 Å². The van der Waals surface area contributed by atoms with Gasteiger partial charge in [-0.1, -0.05) is 13.8 Å². The molecule has 0 aromatic rings. The molecule has 0 saturated carbocycles. The zero-order valence-electron chi connectivity index (χ0n) is 9.37. The summed E-state index contributed by atoms with van der Waals surface area (Å²) in [6.45, 7) is 8.42. The molecule has 14 heavy (non-hydrogen) atoms. The molecule has 6 heteroatoms. The molecule has 86 valence electrons. The molecule has 2 N–H and O–H groups in total. The number of rotatable bonds is 7. The van der Waals surface area contributed by atoms with E-state index in [1.54, 1.807) is 0 Å². The van der Waals surface area contributed by atoms with Gasteiger partial charge in [0.25, 0.3) is 10.2 Å². The molecule has 1 atom stereocenters. The second-order valence-corrected chi connectivity index (χ2v) is 4.83. The van der Waals surface area contributed by atoms with Crippen LogP contribution < -0.4 is 9.44 Å². The minimum Gasteiger partial charge on any atom is -0.300 e. The molecule has 0 rings (SSSR count). The van der Waals surface area contributed by atoms with Crippen LogP contribution >= 0.6 is 0 Å². The predicted octanol–water partition coefficient (Wildman–Crippen LogP) is -0.229. The molecule has 0 amide bonds. The Kier molecular flexibility index (Phi) is 6.26. The summed E-state index contributed by atoms with van der Waals surface area (Å²) in [4.78, 5) is 2.19. The Morgan fingerprint density at radius 2 is 1.79 bits per heavy atom. The highest BCUT2D eigenvalue weighted by Crippen LogP contribution is 1.96. The third-order valence-electron chi connectivity index (χ3n) is 2.27. The molecule has 0 spiro atoms. The summed E-state index contributed by atoms with van der Waals surface area (Å²) in [6.07, 6.45) is 0. The SMILES string of the molecule is CCN(CC)C(C)CNS(=O)(=O)NC. The van der Waals surface area contributed by atoms with Crippen LogP contribution in [0.1, 0.15) is 20.8 Å². The number of hydrogen-bond donors (Lipinski definition) is 2. The molecule has 0 aromatic heterocycles. The summed E-state index contributed by atoms with van der Waals surface area (Å²) in [7, 11) is -1.90. The van der Waals surface area contributed by atoms with Gasteiger partial charge in [-0.25, -0.2) is 9.44 Å². The van der Waals surface area contributed by atoms with E-state index in [-0.39, 0.29) is 6.04 Å². The van der Waals surface area contributed by atoms with Gasteiger partial charge in [0.2, 0.25) is 0 Å². The molecule has 5 nitrogen and oxygen atoms in total. The third-order valence-corrected chi connectivity index (χ3v) is 3.36. The highest BCUT2D eigenvalue weighted by Gasteiger charge is 2.13. The van der Waals surface area contributed by atoms with E-state index in [1.807, 2.05) is 6.92 Å². The third kappa shape index (κ3) is 4.90. The topological polar surface area (TPSA) is 61.4 Å². The first-order valence-corrected chi connectivity index (χ1v) is 6.37. The van der Waals surface area contributed by atoms with Gasteiger partial charge in [-0.2, -0.15) is 8.42 Å². The Hall–Kier alpha value is -0.170. The summed E-state index contributed by atoms with van der Waals surface area (Å²) in [5, 5.41) is 0. The number of hydrogen-bond acceptors (Lipinski definition) is 3. The van der Waals surface area contributed by atoms with Crippen molar-refractivity contribution in [2.75, 3.05) is 26.7 Å². The molecule has 0 bridgehead atoms. The molecule has 0 aliphatic rings. The Morgan fingerprint density at radius 1 is 1.29 bits per heavy atom. The van der Waals surface area contributed by atoms with Crippen molar-refractivity contribution in [1.82, 2.24) is 14.3 Å². The van der Waals surface area contributed by atoms with E-state index >= 15 is 0 Å². The Bertz CT molecular complexity index is 237. The maximum atomic E-state index is 11.1. The van der Waals surface area contributed by atoms with Crippen molar-refractivity contribution in [3.05, 3.63) is 0 Å². The number of nitrogens with one attached hydrogen (secondary N) is 2. The van der Waals surface area contributed by atoms with Gasteiger partial charge in [0.15, 0.2) is 0 Å². The minimum atomic E-state index is -3.29. The van der Waals surface area contributed by atoms with Gasteiger partial charge < -0.3 is 0 Å². The Balaban J connectivity index is 4.01. The fourth-order valence-corrected chi connectivity index (χ4v) is 1.88. The van der Waals surface area contributed by atoms with Crippen molar-refractivity contribution in [3.63, 3.8) is 0 Å². The quantitative estimate of drug-likeness (QED) is 0.627. The highest BCUT2D eigenvalue weighted by molar-refractivity contribution is 7.87. The summed E-state index contributed by atoms with van der Waals surface area (Å²) in [5.41, 5.74) is 0. The molecule has 0 heterocycles. The zero-order valence-corrected chi connectivity index (χ0v) is 10.2. The van der Waals surface area contributed by atoms with Crippen molar-refractivity contribution in [2.24, 2.45) is 0 Å². The molecule has 0 saturated heterocycles. The van der Waals surface area contributed by atoms with Gasteiger partial charge in [0, 0.05) is 19.6 Å². The molecule has 0 radical (unpaired) electrons. The van der Waals surface area contributed by atoms with Crippen LogP contribution in [0.2, 0.25) is 0 Å². The van der Waals surface area contributed by atoms with E-state index in [4.69, 9.17) is 0 Å². The lowest BCUT2D eigenvalue weighted by Gasteiger charge is -2.26. The van der Waals surface area contributed by atoms with Gasteiger partial charge in [-0.3, -0.25) is 4.90 Å². The van der Waals surface area contributed by atoms with E-state index < -0.39 is 10.2 Å². The fourth-order valence-electron chi connectivity index (χ4n) is 1.28. The standard InChI is InChI=1S/C8H21N3O2S/c1-5-11(6-2)8(3)7-10-14(12,13)9-4/h8-10H,5-7H2,1-4H3. The minimum absolute atomic E-state index is 0.216. The second kappa shape index (κ2) is 6.34. The van der Waals surface area contributed by atoms with Crippen molar-refractivity contribution in [3.8, 4) is 0 Å². The smallest absolute Gasteiger partial charge is 0.276 e. The van der Waals surface area contributed by atoms with Gasteiger partial charge in [0.05, 0.1) is 0 Å². The first kappa shape index (κ1) is 13.8. The van der Waals surface area contributed by atoms with Crippen molar-refractivity contribution in [2.45, 2.75) is 26.8 Å². The average molecular weight is 223 g/mol. The van der Waals surface area contributed by atoms with Crippen LogP contribution in [0.15, 0.2) is 0 Å². The van der Waals surface area contributed by atoms with Crippen molar-refractivity contribution >= 4 is 10.2 Å². The first-order valence-electron chi connectivity index (χ1n) is 4.89. The lowest BCUT2D eigenvalue weighted by atomic mass is 10.3. The van der Waals surface area contributed by atoms with Crippen LogP contribution in [0.4, 0.5) is 0 Å². The average Bonchev–Trinajstić information content (AvgIpc) is 2.17. The maximum absolute atomic E-state index is 11.1. The lowest BCUT2D eigenvalue weighted by molar-refractivity contribution is 0.232. The summed E-state index contributed by atoms with van der Waals surface area (Å²) in [6, 6.07) is 0.216. The fraction of sp³-hybridized carbons (Fsp3) is 1.00. The molecule has 1 unspecified atom stereocenters. The number of likely N-dealkylation sites (N-methyl/N-ethyl adjacent to an activating group) is 1. The predicted molar refractivity (Wildman–Crippen MR) is 58.4 cm³/mol. The molecular weight excluding hydrogens is 202 g/mol. The molecule has 0 fully saturated rings. The number of nitrogens with zero attached hydrogens (tertiary/aromatic N) is 1. The van der Waals surface area contributed by atoms with Crippen LogP contribution in [0.25, 0.3) is 0 Å². The van der Waals surface area contributed by atoms with Crippen LogP contribution in [0, 0.1) is 0 Å². The summed E-state index contributed by atoms with van der Waals surface area (Å²) >= 11 is 0. The van der Waals surface area contributed by atoms with E-state index in [0.717, 1.165) is 13.1 Å². The van der Waals surface area contributed by atoms with E-state index in [1.165, 1.54) is 7.05 Å². The van der Waals surface area contributed by atoms with E-state index in [2.05, 4.69) is 28.2 Å². The first-order chi connectivity index (χ1) is 6.46. The van der Waals surface area contributed by atoms with Crippen LogP contribution in [-0.2, 0) is 10.2 Å². The van der Waals surface area contributed by atoms with Crippen LogP contribution in [0.5, 0.6) is 0 Å². The zero-order chi connectivity index (χ0) is 11.2. The molecule has 0 aliphatic carbocycles. The van der Waals surface area contributed by atoms with E-state index in [9.17, 15) is 8.42 Å². The summed E-state index contributed by atoms with van der Waals surface area (Å²) in [5.74, 6) is 0. The lowest BCUT2D eigenvalue weighted by Crippen LogP contribution is -2.44.